The monoisotopic (exact) mass is 369 g/mol. The molecule has 0 aliphatic carbocycles. The van der Waals surface area contributed by atoms with Crippen molar-refractivity contribution in [3.63, 3.8) is 0 Å². The second-order valence-corrected chi connectivity index (χ2v) is 6.71. The van der Waals surface area contributed by atoms with Gasteiger partial charge in [-0.05, 0) is 35.0 Å². The van der Waals surface area contributed by atoms with Crippen molar-refractivity contribution in [3.8, 4) is 5.75 Å². The molecule has 0 aliphatic rings. The lowest BCUT2D eigenvalue weighted by Gasteiger charge is -2.12. The van der Waals surface area contributed by atoms with Crippen molar-refractivity contribution < 1.29 is 9.47 Å². The van der Waals surface area contributed by atoms with E-state index in [0.29, 0.717) is 13.2 Å². The molecule has 0 unspecified atom stereocenters. The van der Waals surface area contributed by atoms with Gasteiger partial charge < -0.3 is 14.8 Å². The van der Waals surface area contributed by atoms with Gasteiger partial charge in [0.05, 0.1) is 6.61 Å². The van der Waals surface area contributed by atoms with Crippen LogP contribution in [0.5, 0.6) is 5.75 Å². The second-order valence-electron chi connectivity index (χ2n) is 4.80. The van der Waals surface area contributed by atoms with Crippen molar-refractivity contribution in [3.05, 3.63) is 50.1 Å². The summed E-state index contributed by atoms with van der Waals surface area (Å²) in [5.41, 5.74) is 2.42. The summed E-state index contributed by atoms with van der Waals surface area (Å²) in [6.07, 6.45) is 0. The van der Waals surface area contributed by atoms with Crippen LogP contribution in [0.25, 0.3) is 0 Å². The Hall–Kier alpha value is -0.880. The van der Waals surface area contributed by atoms with Gasteiger partial charge in [-0.3, -0.25) is 0 Å². The highest BCUT2D eigenvalue weighted by molar-refractivity contribution is 9.10. The number of rotatable bonds is 8. The fourth-order valence-electron chi connectivity index (χ4n) is 1.96. The van der Waals surface area contributed by atoms with E-state index in [1.54, 1.807) is 18.4 Å². The number of benzene rings is 1. The molecule has 0 radical (unpaired) electrons. The Morgan fingerprint density at radius 2 is 2.14 bits per heavy atom. The van der Waals surface area contributed by atoms with Crippen molar-refractivity contribution in [1.29, 1.82) is 0 Å². The lowest BCUT2D eigenvalue weighted by atomic mass is 10.1. The molecule has 3 nitrogen and oxygen atoms in total. The third-order valence-electron chi connectivity index (χ3n) is 3.01. The summed E-state index contributed by atoms with van der Waals surface area (Å²) in [6, 6.07) is 8.39. The van der Waals surface area contributed by atoms with Crippen molar-refractivity contribution in [1.82, 2.24) is 5.32 Å². The van der Waals surface area contributed by atoms with E-state index in [0.717, 1.165) is 23.3 Å². The molecule has 114 valence electrons. The minimum atomic E-state index is 0.602. The first-order valence-electron chi connectivity index (χ1n) is 6.84. The SMILES string of the molecule is COCCNCc1cc(C)ccc1OCc1cc(Br)cs1. The predicted molar refractivity (Wildman–Crippen MR) is 91.1 cm³/mol. The number of halogens is 1. The summed E-state index contributed by atoms with van der Waals surface area (Å²) >= 11 is 5.16. The summed E-state index contributed by atoms with van der Waals surface area (Å²) in [6.45, 7) is 5.03. The molecule has 2 aromatic rings. The Kier molecular flexibility index (Phi) is 6.70. The van der Waals surface area contributed by atoms with Crippen LogP contribution >= 0.6 is 27.3 Å². The molecule has 5 heteroatoms. The lowest BCUT2D eigenvalue weighted by Crippen LogP contribution is -2.19. The van der Waals surface area contributed by atoms with Gasteiger partial charge in [0.15, 0.2) is 0 Å². The summed E-state index contributed by atoms with van der Waals surface area (Å²) in [7, 11) is 1.71. The predicted octanol–water partition coefficient (Wildman–Crippen LogP) is 4.13. The fourth-order valence-corrected chi connectivity index (χ4v) is 3.33. The molecule has 2 rings (SSSR count). The first-order chi connectivity index (χ1) is 10.2. The van der Waals surface area contributed by atoms with E-state index in [1.807, 2.05) is 6.07 Å². The fraction of sp³-hybridized carbons (Fsp3) is 0.375. The van der Waals surface area contributed by atoms with Gasteiger partial charge in [-0.15, -0.1) is 11.3 Å². The Morgan fingerprint density at radius 1 is 1.29 bits per heavy atom. The quantitative estimate of drug-likeness (QED) is 0.709. The molecule has 0 saturated heterocycles. The molecule has 1 aromatic heterocycles. The number of methoxy groups -OCH3 is 1. The van der Waals surface area contributed by atoms with E-state index in [-0.39, 0.29) is 0 Å². The van der Waals surface area contributed by atoms with Gasteiger partial charge in [0.1, 0.15) is 12.4 Å². The first-order valence-corrected chi connectivity index (χ1v) is 8.51. The van der Waals surface area contributed by atoms with E-state index in [1.165, 1.54) is 16.0 Å². The number of hydrogen-bond acceptors (Lipinski definition) is 4. The molecule has 0 bridgehead atoms. The molecular weight excluding hydrogens is 350 g/mol. The second kappa shape index (κ2) is 8.54. The van der Waals surface area contributed by atoms with Crippen LogP contribution in [0.1, 0.15) is 16.0 Å². The molecule has 1 N–H and O–H groups in total. The van der Waals surface area contributed by atoms with Crippen LogP contribution in [0.3, 0.4) is 0 Å². The third-order valence-corrected chi connectivity index (χ3v) is 4.68. The minimum Gasteiger partial charge on any atom is -0.488 e. The van der Waals surface area contributed by atoms with Crippen LogP contribution in [0.2, 0.25) is 0 Å². The van der Waals surface area contributed by atoms with Gasteiger partial charge in [0.2, 0.25) is 0 Å². The van der Waals surface area contributed by atoms with Crippen molar-refractivity contribution in [2.24, 2.45) is 0 Å². The molecule has 0 saturated carbocycles. The molecule has 0 aliphatic heterocycles. The lowest BCUT2D eigenvalue weighted by molar-refractivity contribution is 0.199. The number of aryl methyl sites for hydroxylation is 1. The van der Waals surface area contributed by atoms with Crippen LogP contribution in [0, 0.1) is 6.92 Å². The van der Waals surface area contributed by atoms with Gasteiger partial charge in [-0.25, -0.2) is 0 Å². The normalized spacial score (nSPS) is 10.8. The topological polar surface area (TPSA) is 30.5 Å². The minimum absolute atomic E-state index is 0.602. The van der Waals surface area contributed by atoms with Crippen LogP contribution in [0.15, 0.2) is 34.1 Å². The summed E-state index contributed by atoms with van der Waals surface area (Å²) in [4.78, 5) is 1.21. The smallest absolute Gasteiger partial charge is 0.124 e. The maximum absolute atomic E-state index is 5.97. The van der Waals surface area contributed by atoms with E-state index in [9.17, 15) is 0 Å². The number of ether oxygens (including phenoxy) is 2. The molecule has 1 heterocycles. The molecule has 0 fully saturated rings. The Labute approximate surface area is 138 Å². The van der Waals surface area contributed by atoms with Gasteiger partial charge >= 0.3 is 0 Å². The zero-order valence-electron chi connectivity index (χ0n) is 12.3. The van der Waals surface area contributed by atoms with Crippen LogP contribution in [-0.4, -0.2) is 20.3 Å². The van der Waals surface area contributed by atoms with Crippen LogP contribution in [-0.2, 0) is 17.9 Å². The van der Waals surface area contributed by atoms with Gasteiger partial charge in [-0.1, -0.05) is 17.7 Å². The Balaban J connectivity index is 1.97. The third kappa shape index (κ3) is 5.43. The maximum atomic E-state index is 5.97. The van der Waals surface area contributed by atoms with E-state index < -0.39 is 0 Å². The van der Waals surface area contributed by atoms with Gasteiger partial charge in [-0.2, -0.15) is 0 Å². The molecule has 0 spiro atoms. The highest BCUT2D eigenvalue weighted by atomic mass is 79.9. The van der Waals surface area contributed by atoms with Gasteiger partial charge in [0, 0.05) is 40.5 Å². The number of thiophene rings is 1. The zero-order valence-corrected chi connectivity index (χ0v) is 14.7. The average molecular weight is 370 g/mol. The van der Waals surface area contributed by atoms with E-state index in [2.05, 4.69) is 51.7 Å². The summed E-state index contributed by atoms with van der Waals surface area (Å²) in [5.74, 6) is 0.940. The number of nitrogens with one attached hydrogen (secondary N) is 1. The van der Waals surface area contributed by atoms with Crippen molar-refractivity contribution >= 4 is 27.3 Å². The summed E-state index contributed by atoms with van der Waals surface area (Å²) in [5, 5.41) is 5.43. The molecule has 0 amide bonds. The molecule has 21 heavy (non-hydrogen) atoms. The Bertz CT molecular complexity index is 571. The zero-order chi connectivity index (χ0) is 15.1. The molecule has 1 aromatic carbocycles. The summed E-state index contributed by atoms with van der Waals surface area (Å²) < 4.78 is 12.1. The van der Waals surface area contributed by atoms with E-state index >= 15 is 0 Å². The van der Waals surface area contributed by atoms with Crippen molar-refractivity contribution in [2.45, 2.75) is 20.1 Å². The number of hydrogen-bond donors (Lipinski definition) is 1. The highest BCUT2D eigenvalue weighted by Gasteiger charge is 2.06. The maximum Gasteiger partial charge on any atom is 0.124 e. The van der Waals surface area contributed by atoms with Gasteiger partial charge in [0.25, 0.3) is 0 Å². The molecule has 0 atom stereocenters. The first kappa shape index (κ1) is 16.5. The Morgan fingerprint density at radius 3 is 2.86 bits per heavy atom. The largest absolute Gasteiger partial charge is 0.488 e. The van der Waals surface area contributed by atoms with Crippen LogP contribution < -0.4 is 10.1 Å². The highest BCUT2D eigenvalue weighted by Crippen LogP contribution is 2.24. The molecular formula is C16H20BrNO2S. The van der Waals surface area contributed by atoms with Crippen molar-refractivity contribution in [2.75, 3.05) is 20.3 Å². The van der Waals surface area contributed by atoms with E-state index in [4.69, 9.17) is 9.47 Å². The van der Waals surface area contributed by atoms with Crippen LogP contribution in [0.4, 0.5) is 0 Å². The average Bonchev–Trinajstić information content (AvgIpc) is 2.88. The standard InChI is InChI=1S/C16H20BrNO2S/c1-12-3-4-16(13(7-12)9-18-5-6-19-2)20-10-15-8-14(17)11-21-15/h3-4,7-8,11,18H,5-6,9-10H2,1-2H3.